The Morgan fingerprint density at radius 2 is 1.50 bits per heavy atom. The first-order valence-corrected chi connectivity index (χ1v) is 13.8. The van der Waals surface area contributed by atoms with Crippen molar-refractivity contribution < 1.29 is 0 Å². The van der Waals surface area contributed by atoms with E-state index in [1.165, 1.54) is 115 Å². The van der Waals surface area contributed by atoms with Crippen LogP contribution in [0.15, 0.2) is 11.6 Å². The molecule has 0 saturated heterocycles. The van der Waals surface area contributed by atoms with Crippen LogP contribution < -0.4 is 0 Å². The van der Waals surface area contributed by atoms with Crippen LogP contribution in [0.2, 0.25) is 0 Å². The van der Waals surface area contributed by atoms with Crippen LogP contribution in [-0.2, 0) is 0 Å². The van der Waals surface area contributed by atoms with Gasteiger partial charge in [-0.1, -0.05) is 89.7 Å². The third-order valence-electron chi connectivity index (χ3n) is 9.20. The van der Waals surface area contributed by atoms with Gasteiger partial charge in [-0.05, 0) is 81.5 Å². The lowest BCUT2D eigenvalue weighted by atomic mass is 9.61. The van der Waals surface area contributed by atoms with E-state index in [1.54, 1.807) is 0 Å². The number of hydrogen-bond donors (Lipinski definition) is 0. The van der Waals surface area contributed by atoms with Gasteiger partial charge < -0.3 is 0 Å². The Balaban J connectivity index is 1.40. The first-order chi connectivity index (χ1) is 14.7. The van der Waals surface area contributed by atoms with Gasteiger partial charge in [0.2, 0.25) is 0 Å². The summed E-state index contributed by atoms with van der Waals surface area (Å²) in [6.45, 7) is 4.61. The van der Waals surface area contributed by atoms with E-state index in [0.29, 0.717) is 0 Å². The summed E-state index contributed by atoms with van der Waals surface area (Å²) < 4.78 is 0. The second-order valence-electron chi connectivity index (χ2n) is 11.2. The summed E-state index contributed by atoms with van der Waals surface area (Å²) in [5, 5.41) is 10.1. The number of allylic oxidation sites excluding steroid dienone is 2. The minimum atomic E-state index is -0.0939. The Hall–Kier alpha value is -0.770. The molecule has 0 unspecified atom stereocenters. The summed E-state index contributed by atoms with van der Waals surface area (Å²) in [7, 11) is 0. The van der Waals surface area contributed by atoms with Crippen LogP contribution in [0.4, 0.5) is 0 Å². The van der Waals surface area contributed by atoms with Gasteiger partial charge in [-0.15, -0.1) is 0 Å². The lowest BCUT2D eigenvalue weighted by Crippen LogP contribution is -2.33. The zero-order valence-electron chi connectivity index (χ0n) is 20.3. The molecular weight excluding hydrogens is 362 g/mol. The number of hydrogen-bond acceptors (Lipinski definition) is 1. The second kappa shape index (κ2) is 12.3. The van der Waals surface area contributed by atoms with E-state index in [4.69, 9.17) is 0 Å². The topological polar surface area (TPSA) is 23.8 Å². The fourth-order valence-electron chi connectivity index (χ4n) is 7.09. The van der Waals surface area contributed by atoms with Gasteiger partial charge in [0, 0.05) is 0 Å². The molecule has 1 heteroatoms. The van der Waals surface area contributed by atoms with Crippen molar-refractivity contribution in [3.05, 3.63) is 11.6 Å². The first kappa shape index (κ1) is 23.9. The molecule has 0 heterocycles. The van der Waals surface area contributed by atoms with Crippen LogP contribution in [0.25, 0.3) is 0 Å². The van der Waals surface area contributed by atoms with Crippen LogP contribution in [0.5, 0.6) is 0 Å². The summed E-state index contributed by atoms with van der Waals surface area (Å²) in [5.74, 6) is 3.78. The molecule has 0 bridgehead atoms. The van der Waals surface area contributed by atoms with Crippen molar-refractivity contribution in [3.8, 4) is 6.07 Å². The minimum Gasteiger partial charge on any atom is -0.197 e. The number of nitrogens with zero attached hydrogens (tertiary/aromatic N) is 1. The Kier molecular flexibility index (Phi) is 9.80. The molecule has 0 spiro atoms. The summed E-state index contributed by atoms with van der Waals surface area (Å²) in [6, 6.07) is 2.83. The van der Waals surface area contributed by atoms with Crippen molar-refractivity contribution >= 4 is 0 Å². The molecule has 0 aromatic rings. The smallest absolute Gasteiger partial charge is 0.0782 e. The molecule has 0 aliphatic heterocycles. The van der Waals surface area contributed by atoms with Gasteiger partial charge in [-0.2, -0.15) is 5.26 Å². The van der Waals surface area contributed by atoms with E-state index in [2.05, 4.69) is 26.0 Å². The molecule has 3 rings (SSSR count). The van der Waals surface area contributed by atoms with Crippen molar-refractivity contribution in [1.29, 1.82) is 5.26 Å². The van der Waals surface area contributed by atoms with Gasteiger partial charge in [-0.3, -0.25) is 0 Å². The van der Waals surface area contributed by atoms with Crippen LogP contribution in [0.1, 0.15) is 136 Å². The lowest BCUT2D eigenvalue weighted by molar-refractivity contribution is 0.130. The fourth-order valence-corrected chi connectivity index (χ4v) is 7.09. The normalized spacial score (nSPS) is 34.9. The van der Waals surface area contributed by atoms with Gasteiger partial charge in [0.1, 0.15) is 0 Å². The predicted octanol–water partition coefficient (Wildman–Crippen LogP) is 9.38. The molecule has 1 nitrogen and oxygen atoms in total. The zero-order valence-corrected chi connectivity index (χ0v) is 20.3. The molecule has 30 heavy (non-hydrogen) atoms. The molecule has 0 aromatic carbocycles. The molecule has 2 fully saturated rings. The maximum absolute atomic E-state index is 10.1. The molecule has 3 aliphatic rings. The summed E-state index contributed by atoms with van der Waals surface area (Å²) in [4.78, 5) is 0. The Morgan fingerprint density at radius 1 is 0.800 bits per heavy atom. The van der Waals surface area contributed by atoms with Crippen molar-refractivity contribution in [3.63, 3.8) is 0 Å². The molecular formula is C29H49N. The van der Waals surface area contributed by atoms with Gasteiger partial charge in [0.05, 0.1) is 11.5 Å². The van der Waals surface area contributed by atoms with Crippen molar-refractivity contribution in [2.75, 3.05) is 0 Å². The summed E-state index contributed by atoms with van der Waals surface area (Å²) in [5.41, 5.74) is 1.44. The largest absolute Gasteiger partial charge is 0.197 e. The average Bonchev–Trinajstić information content (AvgIpc) is 2.80. The highest BCUT2D eigenvalue weighted by Crippen LogP contribution is 2.51. The molecule has 0 aromatic heterocycles. The Bertz CT molecular complexity index is 551. The fraction of sp³-hybridized carbons (Fsp3) is 0.897. The highest BCUT2D eigenvalue weighted by atomic mass is 14.5. The van der Waals surface area contributed by atoms with Crippen LogP contribution in [-0.4, -0.2) is 0 Å². The van der Waals surface area contributed by atoms with Gasteiger partial charge >= 0.3 is 0 Å². The molecule has 0 N–H and O–H groups in total. The SMILES string of the molecule is CCCCCCCC1CCC([C@H]2CC[C@](C#N)(C3=CC[C@H](CCC)CC3)CC2)CC1. The molecule has 1 atom stereocenters. The van der Waals surface area contributed by atoms with Gasteiger partial charge in [-0.25, -0.2) is 0 Å². The van der Waals surface area contributed by atoms with Crippen molar-refractivity contribution in [2.24, 2.45) is 29.1 Å². The van der Waals surface area contributed by atoms with Crippen molar-refractivity contribution in [1.82, 2.24) is 0 Å². The maximum Gasteiger partial charge on any atom is 0.0782 e. The second-order valence-corrected chi connectivity index (χ2v) is 11.2. The van der Waals surface area contributed by atoms with Gasteiger partial charge in [0.15, 0.2) is 0 Å². The molecule has 2 saturated carbocycles. The maximum atomic E-state index is 10.1. The third kappa shape index (κ3) is 6.37. The van der Waals surface area contributed by atoms with Crippen LogP contribution in [0, 0.1) is 40.4 Å². The Labute approximate surface area is 188 Å². The van der Waals surface area contributed by atoms with Gasteiger partial charge in [0.25, 0.3) is 0 Å². The highest BCUT2D eigenvalue weighted by Gasteiger charge is 2.41. The van der Waals surface area contributed by atoms with E-state index < -0.39 is 0 Å². The lowest BCUT2D eigenvalue weighted by Gasteiger charge is -2.42. The van der Waals surface area contributed by atoms with Crippen molar-refractivity contribution in [2.45, 2.75) is 136 Å². The first-order valence-electron chi connectivity index (χ1n) is 13.8. The third-order valence-corrected chi connectivity index (χ3v) is 9.20. The molecule has 3 aliphatic carbocycles. The monoisotopic (exact) mass is 411 g/mol. The van der Waals surface area contributed by atoms with Crippen LogP contribution >= 0.6 is 0 Å². The molecule has 170 valence electrons. The van der Waals surface area contributed by atoms with E-state index in [0.717, 1.165) is 36.5 Å². The number of unbranched alkanes of at least 4 members (excludes halogenated alkanes) is 4. The quantitative estimate of drug-likeness (QED) is 0.259. The van der Waals surface area contributed by atoms with E-state index in [1.807, 2.05) is 0 Å². The Morgan fingerprint density at radius 3 is 2.10 bits per heavy atom. The average molecular weight is 412 g/mol. The number of nitriles is 1. The number of rotatable bonds is 10. The molecule has 0 radical (unpaired) electrons. The summed E-state index contributed by atoms with van der Waals surface area (Å²) in [6.07, 6.45) is 28.4. The van der Waals surface area contributed by atoms with E-state index >= 15 is 0 Å². The molecule has 0 amide bonds. The highest BCUT2D eigenvalue weighted by molar-refractivity contribution is 5.26. The minimum absolute atomic E-state index is 0.0939. The summed E-state index contributed by atoms with van der Waals surface area (Å²) >= 11 is 0. The zero-order chi connectivity index (χ0) is 21.2. The van der Waals surface area contributed by atoms with E-state index in [9.17, 15) is 5.26 Å². The van der Waals surface area contributed by atoms with E-state index in [-0.39, 0.29) is 5.41 Å². The predicted molar refractivity (Wildman–Crippen MR) is 129 cm³/mol. The standard InChI is InChI=1S/C29H49N/c1-3-5-6-7-8-10-25-11-15-26(16-12-25)27-19-21-29(23-30,22-20-27)28-17-13-24(9-4-2)14-18-28/h17,24-27H,3-16,18-22H2,1-2H3/t24-,25?,26?,27-,29-/m0/s1. The van der Waals surface area contributed by atoms with Crippen LogP contribution in [0.3, 0.4) is 0 Å².